The third kappa shape index (κ3) is 20.7. The normalized spacial score (nSPS) is 21.9. The van der Waals surface area contributed by atoms with Crippen LogP contribution in [0.3, 0.4) is 0 Å². The van der Waals surface area contributed by atoms with E-state index in [0.717, 1.165) is 49.5 Å². The summed E-state index contributed by atoms with van der Waals surface area (Å²) in [7, 11) is -10.5. The topological polar surface area (TPSA) is 396 Å². The number of thiazole rings is 4. The van der Waals surface area contributed by atoms with Crippen molar-refractivity contribution in [2.24, 2.45) is 39.2 Å². The van der Waals surface area contributed by atoms with Crippen LogP contribution in [-0.4, -0.2) is 202 Å². The maximum atomic E-state index is 13.9. The molecular formula is C90H85Cl4F6N25O8S8. The summed E-state index contributed by atoms with van der Waals surface area (Å²) in [5.41, 5.74) is 11.0. The number of nitrogens with one attached hydrogen (secondary N) is 4. The number of amidine groups is 4. The SMILES string of the molecule is CCn1ccc(C2=C3C[C@H](NS(=O)(=O)C4CC4)CN3C(c3nccs3)=N[C@H]2c2ccc(F)cc2Cl)n1.Cn1ccc(C2=C3C[C@H](NS(=O)(=O)C4CC4)CN3C(c3nccs3)=N[C@H]2c2ccc(F)cc2Cl)n1.Cn1ccc(C2=C3C[C@H](NS(N)(=O)=O)CN3C(c3nccs3)=N[C@H]2c2ccc(F)cc2Cl)n1.O=S(=O)(N[C@H]1CC2=C(c3ccn(C(F)F)n3)[C@H](c3ccc(F)cc3Cl)N=C(c3nccs3)N2C1)C1CC1. The van der Waals surface area contributed by atoms with Crippen molar-refractivity contribution in [2.45, 2.75) is 148 Å². The molecule has 8 aromatic heterocycles. The maximum absolute atomic E-state index is 13.9. The standard InChI is InChI=1S/C24H24ClFN6O2S2.C23H20ClF3N6O2S2.C23H22ClFN6O2S2.C20H19ClFN7O2S2/c1-2-31-9-7-19(29-31)21-20-12-15(30-36(33,34)16-4-5-16)13-32(20)23(24-27-8-10-35-24)28-22(21)17-6-3-14(26)11-18(17)25;24-16-9-12(25)1-4-15(16)20-19(17-5-7-33(30-17)23(26)27)18-10-13(31-37(34,35)14-2-3-14)11-32(18)21(29-20)22-28-6-8-36-22;1-30-8-6-18(28-30)20-19-11-14(29-35(32,33)15-3-4-15)12-31(19)22(23-26-7-9-34-23)27-21(20)16-5-2-13(25)10-17(16)24;1-28-6-4-15(26-28)17-16-9-12(27-33(23,30)31)10-29(16)19(20-24-5-7-32-20)25-18(17)13-3-2-11(22)8-14(13)21/h3,6-11,15-16,22,30H,2,4-5,12-13H2,1H3;1,4-9,13-14,20,23,31H,2-3,10-11H2;2,5-10,14-15,21,29H,3-4,11-12H2,1H3;2-8,12,18,27H,9-10H2,1H3,(H2,23,30,31)/t15-,22-;13-,20-;14-,21-;12-,18-/m0000/s1. The summed E-state index contributed by atoms with van der Waals surface area (Å²) in [5, 5.41) is 33.3. The van der Waals surface area contributed by atoms with Crippen LogP contribution >= 0.6 is 91.8 Å². The zero-order valence-electron chi connectivity index (χ0n) is 74.5. The quantitative estimate of drug-likeness (QED) is 0.0332. The second kappa shape index (κ2) is 39.5. The van der Waals surface area contributed by atoms with Crippen molar-refractivity contribution >= 4 is 178 Å². The van der Waals surface area contributed by atoms with E-state index in [4.69, 9.17) is 76.6 Å². The van der Waals surface area contributed by atoms with E-state index in [0.29, 0.717) is 167 Å². The fourth-order valence-electron chi connectivity index (χ4n) is 18.5. The molecule has 3 saturated carbocycles. The van der Waals surface area contributed by atoms with Crippen LogP contribution in [0.25, 0.3) is 22.3 Å². The molecule has 51 heteroatoms. The number of rotatable bonds is 25. The Morgan fingerprint density at radius 1 is 0.390 bits per heavy atom. The molecule has 16 heterocycles. The highest BCUT2D eigenvalue weighted by molar-refractivity contribution is 7.91. The van der Waals surface area contributed by atoms with Crippen LogP contribution in [0.5, 0.6) is 0 Å². The Bertz CT molecular complexity index is 7620. The fourth-order valence-corrected chi connectivity index (χ4v) is 27.5. The van der Waals surface area contributed by atoms with Crippen molar-refractivity contribution in [2.75, 3.05) is 26.2 Å². The van der Waals surface area contributed by atoms with Crippen molar-refractivity contribution in [3.05, 3.63) is 299 Å². The largest absolute Gasteiger partial charge is 0.333 e. The van der Waals surface area contributed by atoms with E-state index in [2.05, 4.69) is 54.1 Å². The lowest BCUT2D eigenvalue weighted by Crippen LogP contribution is -2.42. The molecule has 11 aliphatic rings. The Morgan fingerprint density at radius 3 is 0.901 bits per heavy atom. The molecule has 6 N–H and O–H groups in total. The van der Waals surface area contributed by atoms with E-state index >= 15 is 0 Å². The van der Waals surface area contributed by atoms with Gasteiger partial charge in [-0.25, -0.2) is 86.7 Å². The average molecular weight is 2160 g/mol. The number of hydrogen-bond donors (Lipinski definition) is 5. The molecule has 23 rings (SSSR count). The predicted molar refractivity (Wildman–Crippen MR) is 529 cm³/mol. The molecule has 141 heavy (non-hydrogen) atoms. The van der Waals surface area contributed by atoms with Crippen molar-refractivity contribution in [3.8, 4) is 0 Å². The number of sulfonamides is 3. The van der Waals surface area contributed by atoms with Crippen LogP contribution in [0.15, 0.2) is 211 Å². The smallest absolute Gasteiger partial charge is 0.326 e. The van der Waals surface area contributed by atoms with Gasteiger partial charge in [-0.1, -0.05) is 70.7 Å². The number of nitrogens with zero attached hydrogens (tertiary/aromatic N) is 20. The summed E-state index contributed by atoms with van der Waals surface area (Å²) in [4.78, 5) is 45.8. The van der Waals surface area contributed by atoms with Gasteiger partial charge in [0.25, 0.3) is 10.2 Å². The molecule has 4 saturated heterocycles. The molecule has 0 bridgehead atoms. The molecule has 0 unspecified atom stereocenters. The van der Waals surface area contributed by atoms with E-state index in [1.54, 1.807) is 64.8 Å². The van der Waals surface area contributed by atoms with Crippen molar-refractivity contribution < 1.29 is 60.0 Å². The minimum Gasteiger partial charge on any atom is -0.326 e. The Morgan fingerprint density at radius 2 is 0.667 bits per heavy atom. The molecule has 12 aromatic rings. The number of fused-ring (bicyclic) bond motifs is 4. The Balaban J connectivity index is 0.000000115. The van der Waals surface area contributed by atoms with Crippen molar-refractivity contribution in [1.29, 1.82) is 0 Å². The Kier molecular flexibility index (Phi) is 27.4. The number of alkyl halides is 2. The molecule has 7 fully saturated rings. The summed E-state index contributed by atoms with van der Waals surface area (Å²) < 4.78 is 199. The molecular weight excluding hydrogens is 2070 g/mol. The summed E-state index contributed by atoms with van der Waals surface area (Å²) in [6.45, 7) is 1.33. The zero-order valence-corrected chi connectivity index (χ0v) is 84.1. The number of aliphatic imine (C=N–C) groups is 4. The van der Waals surface area contributed by atoms with Gasteiger partial charge in [0, 0.05) is 255 Å². The molecule has 33 nitrogen and oxygen atoms in total. The second-order valence-electron chi connectivity index (χ2n) is 34.9. The first-order chi connectivity index (χ1) is 67.5. The third-order valence-corrected chi connectivity index (χ3v) is 36.2. The minimum absolute atomic E-state index is 0.121. The lowest BCUT2D eigenvalue weighted by atomic mass is 9.92. The van der Waals surface area contributed by atoms with E-state index in [-0.39, 0.29) is 61.3 Å². The highest BCUT2D eigenvalue weighted by Crippen LogP contribution is 2.53. The first-order valence-corrected chi connectivity index (χ1v) is 55.7. The average Bonchev–Trinajstić information content (AvgIpc) is 1.61. The molecule has 736 valence electrons. The van der Waals surface area contributed by atoms with Gasteiger partial charge in [-0.2, -0.15) is 42.3 Å². The summed E-state index contributed by atoms with van der Waals surface area (Å²) >= 11 is 31.7. The molecule has 0 radical (unpaired) electrons. The molecule has 4 aromatic carbocycles. The third-order valence-electron chi connectivity index (χ3n) is 25.1. The van der Waals surface area contributed by atoms with E-state index in [9.17, 15) is 60.0 Å². The van der Waals surface area contributed by atoms with Gasteiger partial charge in [0.1, 0.15) is 47.4 Å². The Labute approximate surface area is 841 Å². The highest BCUT2D eigenvalue weighted by atomic mass is 35.5. The van der Waals surface area contributed by atoms with Crippen LogP contribution < -0.4 is 24.0 Å². The first-order valence-electron chi connectivity index (χ1n) is 44.5. The number of aromatic nitrogens is 12. The van der Waals surface area contributed by atoms with Crippen LogP contribution in [0.2, 0.25) is 20.1 Å². The number of nitrogens with two attached hydrogens (primary N) is 1. The Hall–Kier alpha value is -10.6. The lowest BCUT2D eigenvalue weighted by molar-refractivity contribution is 0.0564. The highest BCUT2D eigenvalue weighted by Gasteiger charge is 2.50. The van der Waals surface area contributed by atoms with Gasteiger partial charge in [0.2, 0.25) is 30.1 Å². The lowest BCUT2D eigenvalue weighted by Gasteiger charge is -2.32. The van der Waals surface area contributed by atoms with Gasteiger partial charge in [-0.15, -0.1) is 45.3 Å². The van der Waals surface area contributed by atoms with Gasteiger partial charge in [0.05, 0.1) is 38.5 Å². The van der Waals surface area contributed by atoms with Gasteiger partial charge in [0.15, 0.2) is 43.4 Å². The number of aryl methyl sites for hydroxylation is 3. The summed E-state index contributed by atoms with van der Waals surface area (Å²) in [5.74, 6) is 0.556. The van der Waals surface area contributed by atoms with Crippen molar-refractivity contribution in [1.82, 2.24) is 97.5 Å². The van der Waals surface area contributed by atoms with Crippen LogP contribution in [0, 0.1) is 23.3 Å². The fraction of sp³-hybridized carbons (Fsp3) is 0.333. The van der Waals surface area contributed by atoms with E-state index in [1.807, 2.05) is 91.2 Å². The van der Waals surface area contributed by atoms with Crippen molar-refractivity contribution in [3.63, 3.8) is 0 Å². The second-order valence-corrected chi connectivity index (χ2v) is 47.4. The van der Waals surface area contributed by atoms with Gasteiger partial charge >= 0.3 is 6.55 Å². The summed E-state index contributed by atoms with van der Waals surface area (Å²) in [6, 6.07) is 19.8. The first kappa shape index (κ1) is 97.8. The van der Waals surface area contributed by atoms with Gasteiger partial charge in [-0.3, -0.25) is 34.0 Å². The predicted octanol–water partition coefficient (Wildman–Crippen LogP) is 15.0. The van der Waals surface area contributed by atoms with Crippen LogP contribution in [0.1, 0.15) is 167 Å². The number of benzene rings is 4. The van der Waals surface area contributed by atoms with E-state index in [1.165, 1.54) is 112 Å². The monoisotopic (exact) mass is 2150 g/mol. The molecule has 3 aliphatic carbocycles. The number of hydrogen-bond acceptors (Lipinski definition) is 28. The van der Waals surface area contributed by atoms with Crippen LogP contribution in [0.4, 0.5) is 26.3 Å². The van der Waals surface area contributed by atoms with Gasteiger partial charge < -0.3 is 19.6 Å². The summed E-state index contributed by atoms with van der Waals surface area (Å²) in [6.07, 6.45) is 19.1. The molecule has 8 aliphatic heterocycles. The van der Waals surface area contributed by atoms with Crippen LogP contribution in [-0.2, 0) is 60.9 Å². The zero-order chi connectivity index (χ0) is 98.6. The number of halogens is 10. The van der Waals surface area contributed by atoms with Gasteiger partial charge in [-0.05, 0) is 118 Å². The maximum Gasteiger partial charge on any atom is 0.333 e. The minimum atomic E-state index is -3.91. The van der Waals surface area contributed by atoms with E-state index < -0.39 is 112 Å². The molecule has 0 amide bonds. The molecule has 8 atom stereocenters. The molecule has 0 spiro atoms.